The molecule has 0 radical (unpaired) electrons. The van der Waals surface area contributed by atoms with Gasteiger partial charge in [0.25, 0.3) is 5.91 Å². The highest BCUT2D eigenvalue weighted by atomic mass is 16.2. The third-order valence-corrected chi connectivity index (χ3v) is 2.25. The summed E-state index contributed by atoms with van der Waals surface area (Å²) in [6.45, 7) is 1.62. The SMILES string of the molecule is Cc1ccc(C(=O)N(CC#N)CC#N)c(N)c1. The lowest BCUT2D eigenvalue weighted by Crippen LogP contribution is -2.32. The molecule has 1 aromatic carbocycles. The molecule has 0 atom stereocenters. The molecule has 0 bridgehead atoms. The van der Waals surface area contributed by atoms with Crippen LogP contribution in [0.25, 0.3) is 0 Å². The van der Waals surface area contributed by atoms with Crippen LogP contribution in [0.1, 0.15) is 15.9 Å². The Kier molecular flexibility index (Phi) is 4.08. The molecule has 5 nitrogen and oxygen atoms in total. The summed E-state index contributed by atoms with van der Waals surface area (Å²) in [6.07, 6.45) is 0. The quantitative estimate of drug-likeness (QED) is 0.618. The summed E-state index contributed by atoms with van der Waals surface area (Å²) in [5.74, 6) is -0.398. The van der Waals surface area contributed by atoms with Gasteiger partial charge in [-0.1, -0.05) is 6.07 Å². The number of hydrogen-bond donors (Lipinski definition) is 1. The lowest BCUT2D eigenvalue weighted by atomic mass is 10.1. The van der Waals surface area contributed by atoms with Gasteiger partial charge < -0.3 is 10.6 Å². The molecule has 86 valence electrons. The number of benzene rings is 1. The number of nitrogen functional groups attached to an aromatic ring is 1. The maximum Gasteiger partial charge on any atom is 0.257 e. The monoisotopic (exact) mass is 228 g/mol. The van der Waals surface area contributed by atoms with Crippen molar-refractivity contribution in [3.8, 4) is 12.1 Å². The molecular weight excluding hydrogens is 216 g/mol. The largest absolute Gasteiger partial charge is 0.398 e. The summed E-state index contributed by atoms with van der Waals surface area (Å²) in [6, 6.07) is 8.75. The molecule has 0 aromatic heterocycles. The minimum absolute atomic E-state index is 0.125. The van der Waals surface area contributed by atoms with Crippen molar-refractivity contribution in [2.75, 3.05) is 18.8 Å². The fraction of sp³-hybridized carbons (Fsp3) is 0.250. The highest BCUT2D eigenvalue weighted by molar-refractivity contribution is 5.99. The number of carbonyl (C=O) groups excluding carboxylic acids is 1. The summed E-state index contributed by atoms with van der Waals surface area (Å²) in [7, 11) is 0. The van der Waals surface area contributed by atoms with Gasteiger partial charge in [0.05, 0.1) is 17.7 Å². The van der Waals surface area contributed by atoms with E-state index in [0.29, 0.717) is 11.3 Å². The second-order valence-corrected chi connectivity index (χ2v) is 3.57. The van der Waals surface area contributed by atoms with Crippen molar-refractivity contribution in [2.24, 2.45) is 0 Å². The molecule has 0 aliphatic carbocycles. The number of amides is 1. The minimum Gasteiger partial charge on any atom is -0.398 e. The first-order chi connectivity index (χ1) is 8.10. The van der Waals surface area contributed by atoms with E-state index in [4.69, 9.17) is 16.3 Å². The van der Waals surface area contributed by atoms with Crippen LogP contribution in [0.2, 0.25) is 0 Å². The second kappa shape index (κ2) is 5.53. The fourth-order valence-corrected chi connectivity index (χ4v) is 1.42. The molecule has 0 aliphatic heterocycles. The molecule has 0 unspecified atom stereocenters. The molecule has 0 saturated carbocycles. The van der Waals surface area contributed by atoms with Crippen molar-refractivity contribution in [2.45, 2.75) is 6.92 Å². The van der Waals surface area contributed by atoms with E-state index >= 15 is 0 Å². The maximum absolute atomic E-state index is 12.0. The molecule has 1 amide bonds. The lowest BCUT2D eigenvalue weighted by Gasteiger charge is -2.17. The van der Waals surface area contributed by atoms with Gasteiger partial charge in [-0.25, -0.2) is 0 Å². The van der Waals surface area contributed by atoms with Gasteiger partial charge in [0.2, 0.25) is 0 Å². The van der Waals surface area contributed by atoms with Crippen LogP contribution in [0.5, 0.6) is 0 Å². The molecule has 17 heavy (non-hydrogen) atoms. The average Bonchev–Trinajstić information content (AvgIpc) is 2.28. The number of rotatable bonds is 3. The number of nitrogens with zero attached hydrogens (tertiary/aromatic N) is 3. The standard InChI is InChI=1S/C12H12N4O/c1-9-2-3-10(11(15)8-9)12(17)16(6-4-13)7-5-14/h2-3,8H,6-7,15H2,1H3. The highest BCUT2D eigenvalue weighted by Crippen LogP contribution is 2.15. The number of hydrogen-bond acceptors (Lipinski definition) is 4. The topological polar surface area (TPSA) is 93.9 Å². The summed E-state index contributed by atoms with van der Waals surface area (Å²) >= 11 is 0. The van der Waals surface area contributed by atoms with Gasteiger partial charge >= 0.3 is 0 Å². The zero-order valence-corrected chi connectivity index (χ0v) is 9.47. The number of nitriles is 2. The third-order valence-electron chi connectivity index (χ3n) is 2.25. The Morgan fingerprint density at radius 3 is 2.41 bits per heavy atom. The molecule has 1 aromatic rings. The molecule has 0 saturated heterocycles. The van der Waals surface area contributed by atoms with E-state index < -0.39 is 5.91 Å². The van der Waals surface area contributed by atoms with Crippen LogP contribution in [-0.4, -0.2) is 23.9 Å². The number of anilines is 1. The van der Waals surface area contributed by atoms with Gasteiger partial charge in [-0.3, -0.25) is 4.79 Å². The van der Waals surface area contributed by atoms with E-state index in [9.17, 15) is 4.79 Å². The van der Waals surface area contributed by atoms with Crippen molar-refractivity contribution in [1.29, 1.82) is 10.5 Å². The Bertz CT molecular complexity index is 494. The first-order valence-corrected chi connectivity index (χ1v) is 4.99. The predicted molar refractivity (Wildman–Crippen MR) is 62.7 cm³/mol. The lowest BCUT2D eigenvalue weighted by molar-refractivity contribution is 0.0796. The van der Waals surface area contributed by atoms with Gasteiger partial charge in [0, 0.05) is 5.69 Å². The summed E-state index contributed by atoms with van der Waals surface area (Å²) in [5, 5.41) is 17.2. The number of nitrogens with two attached hydrogens (primary N) is 1. The Morgan fingerprint density at radius 1 is 1.35 bits per heavy atom. The van der Waals surface area contributed by atoms with Crippen molar-refractivity contribution in [1.82, 2.24) is 4.90 Å². The Hall–Kier alpha value is -2.53. The van der Waals surface area contributed by atoms with Crippen molar-refractivity contribution in [3.63, 3.8) is 0 Å². The van der Waals surface area contributed by atoms with Crippen LogP contribution >= 0.6 is 0 Å². The molecule has 1 rings (SSSR count). The number of aryl methyl sites for hydroxylation is 1. The smallest absolute Gasteiger partial charge is 0.257 e. The van der Waals surface area contributed by atoms with E-state index in [1.54, 1.807) is 18.2 Å². The predicted octanol–water partition coefficient (Wildman–Crippen LogP) is 1.07. The molecule has 0 fully saturated rings. The van der Waals surface area contributed by atoms with E-state index in [1.807, 2.05) is 19.1 Å². The van der Waals surface area contributed by atoms with Gasteiger partial charge in [-0.15, -0.1) is 0 Å². The Balaban J connectivity index is 3.02. The minimum atomic E-state index is -0.398. The van der Waals surface area contributed by atoms with Crippen LogP contribution in [0.15, 0.2) is 18.2 Å². The molecule has 2 N–H and O–H groups in total. The molecule has 0 heterocycles. The Labute approximate surface area is 99.7 Å². The molecular formula is C12H12N4O. The maximum atomic E-state index is 12.0. The van der Waals surface area contributed by atoms with Crippen LogP contribution in [0.3, 0.4) is 0 Å². The third kappa shape index (κ3) is 2.96. The Morgan fingerprint density at radius 2 is 1.94 bits per heavy atom. The van der Waals surface area contributed by atoms with Crippen LogP contribution in [0, 0.1) is 29.6 Å². The van der Waals surface area contributed by atoms with E-state index in [0.717, 1.165) is 10.5 Å². The second-order valence-electron chi connectivity index (χ2n) is 3.57. The van der Waals surface area contributed by atoms with Crippen LogP contribution in [-0.2, 0) is 0 Å². The molecule has 0 spiro atoms. The van der Waals surface area contributed by atoms with Crippen LogP contribution < -0.4 is 5.73 Å². The average molecular weight is 228 g/mol. The van der Waals surface area contributed by atoms with Gasteiger partial charge in [0.1, 0.15) is 13.1 Å². The zero-order chi connectivity index (χ0) is 12.8. The van der Waals surface area contributed by atoms with Crippen molar-refractivity contribution >= 4 is 11.6 Å². The van der Waals surface area contributed by atoms with Crippen LogP contribution in [0.4, 0.5) is 5.69 Å². The van der Waals surface area contributed by atoms with Gasteiger partial charge in [-0.05, 0) is 24.6 Å². The first-order valence-electron chi connectivity index (χ1n) is 4.99. The van der Waals surface area contributed by atoms with Gasteiger partial charge in [0.15, 0.2) is 0 Å². The van der Waals surface area contributed by atoms with E-state index in [1.165, 1.54) is 0 Å². The first kappa shape index (κ1) is 12.5. The van der Waals surface area contributed by atoms with E-state index in [-0.39, 0.29) is 13.1 Å². The van der Waals surface area contributed by atoms with Crippen molar-refractivity contribution < 1.29 is 4.79 Å². The summed E-state index contributed by atoms with van der Waals surface area (Å²) in [4.78, 5) is 13.2. The van der Waals surface area contributed by atoms with Gasteiger partial charge in [-0.2, -0.15) is 10.5 Å². The normalized spacial score (nSPS) is 9.12. The van der Waals surface area contributed by atoms with Crippen molar-refractivity contribution in [3.05, 3.63) is 29.3 Å². The summed E-state index contributed by atoms with van der Waals surface area (Å²) in [5.41, 5.74) is 7.37. The van der Waals surface area contributed by atoms with E-state index in [2.05, 4.69) is 0 Å². The zero-order valence-electron chi connectivity index (χ0n) is 9.47. The molecule has 0 aliphatic rings. The molecule has 5 heteroatoms. The highest BCUT2D eigenvalue weighted by Gasteiger charge is 2.17. The summed E-state index contributed by atoms with van der Waals surface area (Å²) < 4.78 is 0. The number of carbonyl (C=O) groups is 1. The fourth-order valence-electron chi connectivity index (χ4n) is 1.42.